The van der Waals surface area contributed by atoms with Gasteiger partial charge in [0.1, 0.15) is 0 Å². The number of fused-ring (bicyclic) bond motifs is 1. The average molecular weight is 472 g/mol. The lowest BCUT2D eigenvalue weighted by Gasteiger charge is -2.29. The van der Waals surface area contributed by atoms with E-state index in [-0.39, 0.29) is 16.9 Å². The second kappa shape index (κ2) is 7.13. The number of aromatic nitrogens is 7. The van der Waals surface area contributed by atoms with E-state index in [9.17, 15) is 31.4 Å². The number of hydrogen-bond donors (Lipinski definition) is 2. The third-order valence-electron chi connectivity index (χ3n) is 5.09. The summed E-state index contributed by atoms with van der Waals surface area (Å²) in [7, 11) is 1.13. The van der Waals surface area contributed by atoms with Crippen molar-refractivity contribution in [2.75, 3.05) is 5.73 Å². The highest BCUT2D eigenvalue weighted by Gasteiger charge is 2.59. The van der Waals surface area contributed by atoms with Crippen LogP contribution in [-0.4, -0.2) is 45.9 Å². The summed E-state index contributed by atoms with van der Waals surface area (Å²) in [5, 5.41) is 20.6. The smallest absolute Gasteiger partial charge is 0.381 e. The molecular formula is C18H14F6N8O. The SMILES string of the molecule is Cc1ccc(C(O)(c2nnnn2C)C(F)(F)F)cc1-c1cnc2c(N)nc(C(F)(F)F)cn12. The molecule has 174 valence electrons. The van der Waals surface area contributed by atoms with Crippen LogP contribution in [0.3, 0.4) is 0 Å². The first-order valence-electron chi connectivity index (χ1n) is 9.09. The van der Waals surface area contributed by atoms with Gasteiger partial charge in [-0.1, -0.05) is 12.1 Å². The van der Waals surface area contributed by atoms with E-state index in [0.717, 1.165) is 29.8 Å². The molecule has 0 radical (unpaired) electrons. The van der Waals surface area contributed by atoms with Crippen molar-refractivity contribution >= 4 is 11.5 Å². The molecule has 3 aromatic heterocycles. The van der Waals surface area contributed by atoms with Crippen LogP contribution in [0.25, 0.3) is 16.9 Å². The number of rotatable bonds is 3. The van der Waals surface area contributed by atoms with Crippen LogP contribution in [0.15, 0.2) is 30.6 Å². The Bertz CT molecular complexity index is 1360. The summed E-state index contributed by atoms with van der Waals surface area (Å²) in [6.45, 7) is 1.53. The monoisotopic (exact) mass is 472 g/mol. The fourth-order valence-electron chi connectivity index (χ4n) is 3.43. The van der Waals surface area contributed by atoms with E-state index in [0.29, 0.717) is 16.4 Å². The van der Waals surface area contributed by atoms with Gasteiger partial charge in [-0.05, 0) is 29.0 Å². The van der Waals surface area contributed by atoms with Crippen LogP contribution in [0.2, 0.25) is 0 Å². The van der Waals surface area contributed by atoms with Gasteiger partial charge in [-0.3, -0.25) is 4.40 Å². The number of hydrogen-bond acceptors (Lipinski definition) is 7. The van der Waals surface area contributed by atoms with Gasteiger partial charge in [-0.15, -0.1) is 5.10 Å². The molecule has 4 aromatic rings. The lowest BCUT2D eigenvalue weighted by Crippen LogP contribution is -2.45. The summed E-state index contributed by atoms with van der Waals surface area (Å²) >= 11 is 0. The maximum absolute atomic E-state index is 14.1. The fraction of sp³-hybridized carbons (Fsp3) is 0.278. The average Bonchev–Trinajstić information content (AvgIpc) is 3.33. The first-order valence-corrected chi connectivity index (χ1v) is 9.09. The van der Waals surface area contributed by atoms with Gasteiger partial charge in [0, 0.05) is 24.4 Å². The minimum Gasteiger partial charge on any atom is -0.381 e. The first-order chi connectivity index (χ1) is 15.2. The van der Waals surface area contributed by atoms with Crippen molar-refractivity contribution in [3.63, 3.8) is 0 Å². The largest absolute Gasteiger partial charge is 0.434 e. The molecule has 4 rings (SSSR count). The quantitative estimate of drug-likeness (QED) is 0.440. The topological polar surface area (TPSA) is 120 Å². The number of nitrogens with two attached hydrogens (primary N) is 1. The number of anilines is 1. The van der Waals surface area contributed by atoms with Gasteiger partial charge in [0.25, 0.3) is 0 Å². The highest BCUT2D eigenvalue weighted by atomic mass is 19.4. The standard InChI is InChI=1S/C18H14F6N8O/c1-8-3-4-9(16(33,18(22,23)24)15-28-29-30-31(15)2)5-10(8)11-6-26-14-13(25)27-12(7-32(11)14)17(19,20)21/h3-7,33H,1-2H3,(H2,25,27). The Kier molecular flexibility index (Phi) is 4.85. The molecule has 15 heteroatoms. The highest BCUT2D eigenvalue weighted by Crippen LogP contribution is 2.44. The normalized spacial score (nSPS) is 14.6. The number of aliphatic hydroxyl groups is 1. The molecule has 1 atom stereocenters. The Labute approximate surface area is 180 Å². The van der Waals surface area contributed by atoms with E-state index >= 15 is 0 Å². The van der Waals surface area contributed by atoms with E-state index in [1.165, 1.54) is 13.0 Å². The number of halogens is 6. The second-order valence-corrected chi connectivity index (χ2v) is 7.21. The number of aryl methyl sites for hydroxylation is 2. The van der Waals surface area contributed by atoms with E-state index < -0.39 is 40.9 Å². The molecule has 3 N–H and O–H groups in total. The summed E-state index contributed by atoms with van der Waals surface area (Å²) in [6, 6.07) is 3.30. The van der Waals surface area contributed by atoms with Crippen molar-refractivity contribution < 1.29 is 31.4 Å². The molecule has 0 spiro atoms. The minimum absolute atomic E-state index is 0.00423. The molecule has 1 unspecified atom stereocenters. The van der Waals surface area contributed by atoms with E-state index in [1.807, 2.05) is 0 Å². The summed E-state index contributed by atoms with van der Waals surface area (Å²) in [6.07, 6.45) is -8.27. The molecule has 33 heavy (non-hydrogen) atoms. The number of benzene rings is 1. The molecule has 1 aromatic carbocycles. The first kappa shape index (κ1) is 22.4. The lowest BCUT2D eigenvalue weighted by molar-refractivity contribution is -0.252. The molecule has 0 amide bonds. The molecule has 0 aliphatic rings. The third-order valence-corrected chi connectivity index (χ3v) is 5.09. The minimum atomic E-state index is -5.24. The Balaban J connectivity index is 1.98. The summed E-state index contributed by atoms with van der Waals surface area (Å²) < 4.78 is 83.6. The second-order valence-electron chi connectivity index (χ2n) is 7.21. The van der Waals surface area contributed by atoms with Crippen molar-refractivity contribution in [1.82, 2.24) is 34.6 Å². The van der Waals surface area contributed by atoms with Crippen LogP contribution in [0.1, 0.15) is 22.6 Å². The van der Waals surface area contributed by atoms with Gasteiger partial charge in [0.15, 0.2) is 23.0 Å². The predicted octanol–water partition coefficient (Wildman–Crippen LogP) is 2.63. The summed E-state index contributed by atoms with van der Waals surface area (Å²) in [5.41, 5.74) is 0.393. The third kappa shape index (κ3) is 3.44. The number of nitrogens with zero attached hydrogens (tertiary/aromatic N) is 7. The van der Waals surface area contributed by atoms with Gasteiger partial charge in [0.05, 0.1) is 11.9 Å². The van der Waals surface area contributed by atoms with E-state index in [1.54, 1.807) is 0 Å². The van der Waals surface area contributed by atoms with E-state index in [2.05, 4.69) is 25.5 Å². The molecule has 0 saturated carbocycles. The van der Waals surface area contributed by atoms with Crippen LogP contribution >= 0.6 is 0 Å². The maximum Gasteiger partial charge on any atom is 0.434 e. The van der Waals surface area contributed by atoms with Crippen LogP contribution in [0.4, 0.5) is 32.2 Å². The van der Waals surface area contributed by atoms with Crippen LogP contribution < -0.4 is 5.73 Å². The molecule has 9 nitrogen and oxygen atoms in total. The molecule has 0 aliphatic heterocycles. The Morgan fingerprint density at radius 1 is 1.09 bits per heavy atom. The number of alkyl halides is 6. The van der Waals surface area contributed by atoms with Crippen molar-refractivity contribution in [2.45, 2.75) is 24.9 Å². The zero-order chi connectivity index (χ0) is 24.3. The Morgan fingerprint density at radius 2 is 1.79 bits per heavy atom. The number of imidazole rings is 1. The fourth-order valence-corrected chi connectivity index (χ4v) is 3.43. The zero-order valence-corrected chi connectivity index (χ0v) is 16.8. The Morgan fingerprint density at radius 3 is 2.36 bits per heavy atom. The Hall–Kier alpha value is -3.75. The summed E-state index contributed by atoms with van der Waals surface area (Å²) in [5.74, 6) is -1.41. The van der Waals surface area contributed by atoms with Crippen molar-refractivity contribution in [3.05, 3.63) is 53.2 Å². The summed E-state index contributed by atoms with van der Waals surface area (Å²) in [4.78, 5) is 7.24. The van der Waals surface area contributed by atoms with Gasteiger partial charge in [-0.2, -0.15) is 26.3 Å². The number of tetrazole rings is 1. The van der Waals surface area contributed by atoms with Gasteiger partial charge in [-0.25, -0.2) is 14.6 Å². The zero-order valence-electron chi connectivity index (χ0n) is 16.8. The van der Waals surface area contributed by atoms with Crippen LogP contribution in [-0.2, 0) is 18.8 Å². The van der Waals surface area contributed by atoms with Gasteiger partial charge in [0.2, 0.25) is 5.60 Å². The molecule has 0 fully saturated rings. The molecule has 0 bridgehead atoms. The van der Waals surface area contributed by atoms with Crippen molar-refractivity contribution in [1.29, 1.82) is 0 Å². The predicted molar refractivity (Wildman–Crippen MR) is 100 cm³/mol. The molecule has 0 aliphatic carbocycles. The van der Waals surface area contributed by atoms with E-state index in [4.69, 9.17) is 5.73 Å². The van der Waals surface area contributed by atoms with Crippen molar-refractivity contribution in [3.8, 4) is 11.3 Å². The molecule has 0 saturated heterocycles. The maximum atomic E-state index is 14.1. The lowest BCUT2D eigenvalue weighted by atomic mass is 9.89. The molecular weight excluding hydrogens is 458 g/mol. The van der Waals surface area contributed by atoms with Crippen LogP contribution in [0, 0.1) is 6.92 Å². The van der Waals surface area contributed by atoms with Crippen LogP contribution in [0.5, 0.6) is 0 Å². The van der Waals surface area contributed by atoms with Gasteiger partial charge < -0.3 is 10.8 Å². The van der Waals surface area contributed by atoms with Crippen molar-refractivity contribution in [2.24, 2.45) is 7.05 Å². The number of nitrogen functional groups attached to an aromatic ring is 1. The highest BCUT2D eigenvalue weighted by molar-refractivity contribution is 5.72. The molecule has 3 heterocycles. The van der Waals surface area contributed by atoms with Gasteiger partial charge >= 0.3 is 12.4 Å².